The number of hydrogen-bond acceptors (Lipinski definition) is 5. The van der Waals surface area contributed by atoms with Crippen molar-refractivity contribution in [2.24, 2.45) is 0 Å². The van der Waals surface area contributed by atoms with Gasteiger partial charge in [-0.3, -0.25) is 4.79 Å². The molecule has 0 saturated carbocycles. The number of benzene rings is 1. The summed E-state index contributed by atoms with van der Waals surface area (Å²) in [6.07, 6.45) is 0.787. The lowest BCUT2D eigenvalue weighted by Crippen LogP contribution is -2.13. The molecule has 0 aliphatic heterocycles. The molecular formula is C15H21FO5. The highest BCUT2D eigenvalue weighted by Gasteiger charge is 1.95. The van der Waals surface area contributed by atoms with Gasteiger partial charge in [0.15, 0.2) is 0 Å². The predicted molar refractivity (Wildman–Crippen MR) is 75.8 cm³/mol. The van der Waals surface area contributed by atoms with Crippen molar-refractivity contribution in [3.63, 3.8) is 0 Å². The van der Waals surface area contributed by atoms with Crippen LogP contribution in [0.2, 0.25) is 0 Å². The number of aldehydes is 1. The van der Waals surface area contributed by atoms with Crippen LogP contribution in [-0.2, 0) is 14.2 Å². The first-order valence-electron chi connectivity index (χ1n) is 6.84. The normalized spacial score (nSPS) is 10.5. The Bertz CT molecular complexity index is 369. The zero-order chi connectivity index (χ0) is 15.2. The molecule has 21 heavy (non-hydrogen) atoms. The van der Waals surface area contributed by atoms with Gasteiger partial charge in [0, 0.05) is 5.56 Å². The smallest absolute Gasteiger partial charge is 0.150 e. The molecule has 0 bridgehead atoms. The van der Waals surface area contributed by atoms with Gasteiger partial charge in [0.1, 0.15) is 25.3 Å². The van der Waals surface area contributed by atoms with Gasteiger partial charge < -0.3 is 18.9 Å². The minimum absolute atomic E-state index is 0.116. The van der Waals surface area contributed by atoms with Crippen LogP contribution in [0.25, 0.3) is 0 Å². The Morgan fingerprint density at radius 3 is 1.86 bits per heavy atom. The largest absolute Gasteiger partial charge is 0.491 e. The van der Waals surface area contributed by atoms with E-state index >= 15 is 0 Å². The maximum absolute atomic E-state index is 11.7. The van der Waals surface area contributed by atoms with Gasteiger partial charge in [-0.1, -0.05) is 0 Å². The van der Waals surface area contributed by atoms with Gasteiger partial charge in [0.25, 0.3) is 0 Å². The van der Waals surface area contributed by atoms with Gasteiger partial charge in [0.05, 0.1) is 39.6 Å². The van der Waals surface area contributed by atoms with E-state index in [0.29, 0.717) is 51.0 Å². The summed E-state index contributed by atoms with van der Waals surface area (Å²) >= 11 is 0. The summed E-state index contributed by atoms with van der Waals surface area (Å²) in [5, 5.41) is 0. The summed E-state index contributed by atoms with van der Waals surface area (Å²) in [4.78, 5) is 10.5. The SMILES string of the molecule is O=Cc1ccc(OCCOCCOCCOCCF)cc1. The van der Waals surface area contributed by atoms with E-state index in [0.717, 1.165) is 6.29 Å². The molecule has 0 aliphatic carbocycles. The van der Waals surface area contributed by atoms with Crippen LogP contribution in [0.5, 0.6) is 5.75 Å². The molecule has 6 heteroatoms. The topological polar surface area (TPSA) is 54.0 Å². The average Bonchev–Trinajstić information content (AvgIpc) is 2.53. The van der Waals surface area contributed by atoms with E-state index in [1.165, 1.54) is 0 Å². The Labute approximate surface area is 123 Å². The predicted octanol–water partition coefficient (Wildman–Crippen LogP) is 1.90. The van der Waals surface area contributed by atoms with E-state index in [4.69, 9.17) is 18.9 Å². The fraction of sp³-hybridized carbons (Fsp3) is 0.533. The first-order chi connectivity index (χ1) is 10.4. The zero-order valence-electron chi connectivity index (χ0n) is 12.0. The number of alkyl halides is 1. The van der Waals surface area contributed by atoms with Crippen molar-refractivity contribution in [3.8, 4) is 5.75 Å². The fourth-order valence-electron chi connectivity index (χ4n) is 1.46. The summed E-state index contributed by atoms with van der Waals surface area (Å²) in [6, 6.07) is 6.87. The van der Waals surface area contributed by atoms with Crippen molar-refractivity contribution in [2.45, 2.75) is 0 Å². The number of carbonyl (C=O) groups is 1. The third-order valence-corrected chi connectivity index (χ3v) is 2.48. The molecule has 0 fully saturated rings. The van der Waals surface area contributed by atoms with Crippen molar-refractivity contribution < 1.29 is 28.1 Å². The molecule has 5 nitrogen and oxygen atoms in total. The molecule has 0 amide bonds. The summed E-state index contributed by atoms with van der Waals surface area (Å²) in [7, 11) is 0. The number of ether oxygens (including phenoxy) is 4. The molecule has 1 rings (SSSR count). The van der Waals surface area contributed by atoms with Crippen molar-refractivity contribution in [2.75, 3.05) is 52.9 Å². The van der Waals surface area contributed by atoms with E-state index in [1.807, 2.05) is 0 Å². The molecule has 1 aromatic carbocycles. The van der Waals surface area contributed by atoms with Crippen molar-refractivity contribution in [1.29, 1.82) is 0 Å². The second-order valence-electron chi connectivity index (χ2n) is 4.06. The summed E-state index contributed by atoms with van der Waals surface area (Å²) in [5.41, 5.74) is 0.617. The fourth-order valence-corrected chi connectivity index (χ4v) is 1.46. The Balaban J connectivity index is 1.89. The van der Waals surface area contributed by atoms with E-state index in [2.05, 4.69) is 0 Å². The van der Waals surface area contributed by atoms with Gasteiger partial charge >= 0.3 is 0 Å². The van der Waals surface area contributed by atoms with E-state index in [9.17, 15) is 9.18 Å². The molecule has 0 unspecified atom stereocenters. The molecular weight excluding hydrogens is 279 g/mol. The number of rotatable bonds is 13. The van der Waals surface area contributed by atoms with Crippen molar-refractivity contribution in [1.82, 2.24) is 0 Å². The van der Waals surface area contributed by atoms with Crippen LogP contribution in [0.3, 0.4) is 0 Å². The monoisotopic (exact) mass is 300 g/mol. The highest BCUT2D eigenvalue weighted by Crippen LogP contribution is 2.10. The molecule has 118 valence electrons. The highest BCUT2D eigenvalue weighted by atomic mass is 19.1. The molecule has 1 aromatic rings. The lowest BCUT2D eigenvalue weighted by atomic mass is 10.2. The average molecular weight is 300 g/mol. The minimum atomic E-state index is -0.471. The molecule has 0 N–H and O–H groups in total. The van der Waals surface area contributed by atoms with Crippen molar-refractivity contribution in [3.05, 3.63) is 29.8 Å². The van der Waals surface area contributed by atoms with Crippen LogP contribution in [0.1, 0.15) is 10.4 Å². The van der Waals surface area contributed by atoms with Gasteiger partial charge in [-0.15, -0.1) is 0 Å². The van der Waals surface area contributed by atoms with Crippen LogP contribution < -0.4 is 4.74 Å². The molecule has 0 radical (unpaired) electrons. The summed E-state index contributed by atoms with van der Waals surface area (Å²) in [5.74, 6) is 0.700. The molecule has 0 atom stereocenters. The van der Waals surface area contributed by atoms with Crippen LogP contribution in [0.15, 0.2) is 24.3 Å². The Morgan fingerprint density at radius 1 is 0.810 bits per heavy atom. The molecule has 0 aliphatic rings. The first kappa shape index (κ1) is 17.6. The molecule has 0 heterocycles. The number of hydrogen-bond donors (Lipinski definition) is 0. The molecule has 0 saturated heterocycles. The molecule has 0 aromatic heterocycles. The maximum atomic E-state index is 11.7. The lowest BCUT2D eigenvalue weighted by molar-refractivity contribution is 0.00750. The number of halogens is 1. The highest BCUT2D eigenvalue weighted by molar-refractivity contribution is 5.74. The van der Waals surface area contributed by atoms with E-state index in [-0.39, 0.29) is 6.61 Å². The second-order valence-corrected chi connectivity index (χ2v) is 4.06. The van der Waals surface area contributed by atoms with E-state index < -0.39 is 6.67 Å². The standard InChI is InChI=1S/C15H21FO5/c16-5-6-18-7-8-19-9-10-20-11-12-21-15-3-1-14(13-17)2-4-15/h1-4,13H,5-12H2. The van der Waals surface area contributed by atoms with Crippen LogP contribution in [0, 0.1) is 0 Å². The number of carbonyl (C=O) groups excluding carboxylic acids is 1. The second kappa shape index (κ2) is 12.3. The van der Waals surface area contributed by atoms with Gasteiger partial charge in [-0.25, -0.2) is 4.39 Å². The first-order valence-corrected chi connectivity index (χ1v) is 6.84. The van der Waals surface area contributed by atoms with Crippen LogP contribution in [0.4, 0.5) is 4.39 Å². The van der Waals surface area contributed by atoms with Crippen LogP contribution >= 0.6 is 0 Å². The third-order valence-electron chi connectivity index (χ3n) is 2.48. The quantitative estimate of drug-likeness (QED) is 0.411. The summed E-state index contributed by atoms with van der Waals surface area (Å²) in [6.45, 7) is 2.29. The maximum Gasteiger partial charge on any atom is 0.150 e. The third kappa shape index (κ3) is 9.12. The Hall–Kier alpha value is -1.50. The Kier molecular flexibility index (Phi) is 10.2. The van der Waals surface area contributed by atoms with Gasteiger partial charge in [0.2, 0.25) is 0 Å². The van der Waals surface area contributed by atoms with Gasteiger partial charge in [-0.05, 0) is 24.3 Å². The zero-order valence-corrected chi connectivity index (χ0v) is 12.0. The minimum Gasteiger partial charge on any atom is -0.491 e. The van der Waals surface area contributed by atoms with E-state index in [1.54, 1.807) is 24.3 Å². The lowest BCUT2D eigenvalue weighted by Gasteiger charge is -2.08. The molecule has 0 spiro atoms. The van der Waals surface area contributed by atoms with Crippen LogP contribution in [-0.4, -0.2) is 59.2 Å². The van der Waals surface area contributed by atoms with Crippen molar-refractivity contribution >= 4 is 6.29 Å². The summed E-state index contributed by atoms with van der Waals surface area (Å²) < 4.78 is 32.6. The Morgan fingerprint density at radius 2 is 1.33 bits per heavy atom. The van der Waals surface area contributed by atoms with Gasteiger partial charge in [-0.2, -0.15) is 0 Å².